The maximum atomic E-state index is 13.8. The first-order valence-electron chi connectivity index (χ1n) is 15.5. The summed E-state index contributed by atoms with van der Waals surface area (Å²) in [5.41, 5.74) is -1.49. The number of esters is 1. The summed E-state index contributed by atoms with van der Waals surface area (Å²) in [6.07, 6.45) is -0.467. The molecule has 3 atom stereocenters. The Balaban J connectivity index is 2.23. The van der Waals surface area contributed by atoms with E-state index in [2.05, 4.69) is 28.6 Å². The molecular formula is C35H50N4O7S. The van der Waals surface area contributed by atoms with Crippen molar-refractivity contribution in [3.8, 4) is 0 Å². The van der Waals surface area contributed by atoms with Crippen molar-refractivity contribution in [3.05, 3.63) is 71.8 Å². The lowest BCUT2D eigenvalue weighted by Crippen LogP contribution is -2.63. The van der Waals surface area contributed by atoms with Gasteiger partial charge in [0.05, 0.1) is 0 Å². The first-order chi connectivity index (χ1) is 21.7. The van der Waals surface area contributed by atoms with Gasteiger partial charge in [-0.15, -0.1) is 0 Å². The van der Waals surface area contributed by atoms with Crippen LogP contribution in [0.4, 0.5) is 4.79 Å². The molecule has 0 aliphatic rings. The largest absolute Gasteiger partial charge is 0.458 e. The zero-order valence-electron chi connectivity index (χ0n) is 28.9. The van der Waals surface area contributed by atoms with Crippen LogP contribution in [0.3, 0.4) is 0 Å². The highest BCUT2D eigenvalue weighted by Gasteiger charge is 2.39. The van der Waals surface area contributed by atoms with Crippen LogP contribution in [0.15, 0.2) is 60.7 Å². The number of carbonyl (C=O) groups is 5. The second kappa shape index (κ2) is 16.7. The lowest BCUT2D eigenvalue weighted by Gasteiger charge is -2.35. The summed E-state index contributed by atoms with van der Waals surface area (Å²) in [5, 5.41) is 8.09. The van der Waals surface area contributed by atoms with Crippen LogP contribution in [0.2, 0.25) is 0 Å². The number of carbonyl (C=O) groups excluding carboxylic acids is 5. The Morgan fingerprint density at radius 3 is 1.62 bits per heavy atom. The Hall–Kier alpha value is -4.06. The summed E-state index contributed by atoms with van der Waals surface area (Å²) < 4.78 is 10.9. The van der Waals surface area contributed by atoms with Crippen LogP contribution in [0.1, 0.15) is 66.5 Å². The number of hydrogen-bond donors (Lipinski definition) is 4. The van der Waals surface area contributed by atoms with Crippen molar-refractivity contribution in [2.75, 3.05) is 12.8 Å². The van der Waals surface area contributed by atoms with Gasteiger partial charge >= 0.3 is 12.1 Å². The lowest BCUT2D eigenvalue weighted by atomic mass is 9.99. The monoisotopic (exact) mass is 670 g/mol. The van der Waals surface area contributed by atoms with Crippen LogP contribution in [0, 0.1) is 0 Å². The molecule has 0 saturated carbocycles. The van der Waals surface area contributed by atoms with E-state index in [1.807, 2.05) is 60.7 Å². The fourth-order valence-electron chi connectivity index (χ4n) is 4.61. The van der Waals surface area contributed by atoms with Crippen molar-refractivity contribution in [2.45, 2.75) is 103 Å². The maximum absolute atomic E-state index is 13.8. The van der Waals surface area contributed by atoms with Gasteiger partial charge < -0.3 is 30.3 Å². The minimum atomic E-state index is -1.51. The van der Waals surface area contributed by atoms with Crippen molar-refractivity contribution < 1.29 is 33.4 Å². The van der Waals surface area contributed by atoms with Crippen molar-refractivity contribution in [2.24, 2.45) is 0 Å². The third-order valence-corrected chi connectivity index (χ3v) is 7.16. The normalized spacial score (nSPS) is 13.7. The molecule has 11 nitrogen and oxygen atoms in total. The third kappa shape index (κ3) is 13.3. The fraction of sp³-hybridized carbons (Fsp3) is 0.514. The number of benzene rings is 2. The number of nitrogens with one attached hydrogen (secondary N) is 3. The number of amides is 4. The molecule has 0 fully saturated rings. The predicted octanol–water partition coefficient (Wildman–Crippen LogP) is 3.84. The van der Waals surface area contributed by atoms with E-state index in [1.165, 1.54) is 25.8 Å². The summed E-state index contributed by atoms with van der Waals surface area (Å²) in [5.74, 6) is -2.50. The van der Waals surface area contributed by atoms with Crippen LogP contribution in [0.25, 0.3) is 0 Å². The standard InChI is InChI=1S/C35H50N4O7S/c1-33(2,3)45-30(42)26(21-24-18-14-11-15-19-24)36-29(41)27(22-47)39(9)31(43)35(7,8)38-28(40)25(20-23-16-12-10-13-17-23)37-32(44)46-34(4,5)6/h10-19,25-27,47H,20-22H2,1-9H3,(H,36,41)(H,37,44)(H,38,40)/t25-,26-,27-/m0/s1. The van der Waals surface area contributed by atoms with E-state index in [-0.39, 0.29) is 18.6 Å². The average molecular weight is 671 g/mol. The molecule has 12 heteroatoms. The number of ether oxygens (including phenoxy) is 2. The first-order valence-corrected chi connectivity index (χ1v) is 16.2. The number of alkyl carbamates (subject to hydrolysis) is 1. The SMILES string of the molecule is CN(C(=O)C(C)(C)NC(=O)[C@H](Cc1ccccc1)NC(=O)OC(C)(C)C)[C@@H](CS)C(=O)N[C@@H](Cc1ccccc1)C(=O)OC(C)(C)C. The Morgan fingerprint density at radius 2 is 1.17 bits per heavy atom. The van der Waals surface area contributed by atoms with Gasteiger partial charge in [0.2, 0.25) is 17.7 Å². The lowest BCUT2D eigenvalue weighted by molar-refractivity contribution is -0.159. The summed E-state index contributed by atoms with van der Waals surface area (Å²) >= 11 is 4.34. The third-order valence-electron chi connectivity index (χ3n) is 6.81. The van der Waals surface area contributed by atoms with Crippen molar-refractivity contribution in [1.29, 1.82) is 0 Å². The van der Waals surface area contributed by atoms with E-state index >= 15 is 0 Å². The molecule has 0 spiro atoms. The molecule has 0 unspecified atom stereocenters. The highest BCUT2D eigenvalue weighted by atomic mass is 32.1. The van der Waals surface area contributed by atoms with Crippen LogP contribution in [0.5, 0.6) is 0 Å². The van der Waals surface area contributed by atoms with Gasteiger partial charge in [0.25, 0.3) is 0 Å². The molecule has 2 aromatic carbocycles. The second-order valence-corrected chi connectivity index (χ2v) is 14.3. The van der Waals surface area contributed by atoms with Gasteiger partial charge in [0.1, 0.15) is 34.9 Å². The van der Waals surface area contributed by atoms with Crippen LogP contribution < -0.4 is 16.0 Å². The zero-order chi connectivity index (χ0) is 35.6. The molecule has 258 valence electrons. The summed E-state index contributed by atoms with van der Waals surface area (Å²) in [7, 11) is 1.43. The highest BCUT2D eigenvalue weighted by Crippen LogP contribution is 2.16. The molecule has 47 heavy (non-hydrogen) atoms. The van der Waals surface area contributed by atoms with E-state index in [4.69, 9.17) is 9.47 Å². The van der Waals surface area contributed by atoms with Gasteiger partial charge in [-0.1, -0.05) is 60.7 Å². The summed E-state index contributed by atoms with van der Waals surface area (Å²) in [6.45, 7) is 13.3. The van der Waals surface area contributed by atoms with E-state index in [1.54, 1.807) is 41.5 Å². The molecular weight excluding hydrogens is 620 g/mol. The summed E-state index contributed by atoms with van der Waals surface area (Å²) in [4.78, 5) is 67.9. The molecule has 3 N–H and O–H groups in total. The number of likely N-dealkylation sites (N-methyl/N-ethyl adjacent to an activating group) is 1. The van der Waals surface area contributed by atoms with Crippen LogP contribution in [-0.2, 0) is 41.5 Å². The molecule has 4 amide bonds. The van der Waals surface area contributed by atoms with Gasteiger partial charge in [0.15, 0.2) is 0 Å². The average Bonchev–Trinajstić information content (AvgIpc) is 2.95. The van der Waals surface area contributed by atoms with Gasteiger partial charge in [-0.25, -0.2) is 9.59 Å². The molecule has 0 aliphatic heterocycles. The van der Waals surface area contributed by atoms with Crippen molar-refractivity contribution in [1.82, 2.24) is 20.9 Å². The number of nitrogens with zero attached hydrogens (tertiary/aromatic N) is 1. The van der Waals surface area contributed by atoms with E-state index < -0.39 is 64.7 Å². The Bertz CT molecular complexity index is 1370. The number of thiol groups is 1. The molecule has 0 aromatic heterocycles. The van der Waals surface area contributed by atoms with E-state index in [0.717, 1.165) is 11.1 Å². The predicted molar refractivity (Wildman–Crippen MR) is 184 cm³/mol. The number of rotatable bonds is 13. The second-order valence-electron chi connectivity index (χ2n) is 13.9. The van der Waals surface area contributed by atoms with E-state index in [0.29, 0.717) is 0 Å². The molecule has 2 aromatic rings. The fourth-order valence-corrected chi connectivity index (χ4v) is 5.02. The van der Waals surface area contributed by atoms with Crippen molar-refractivity contribution in [3.63, 3.8) is 0 Å². The minimum absolute atomic E-state index is 0.0681. The van der Waals surface area contributed by atoms with Gasteiger partial charge in [-0.3, -0.25) is 14.4 Å². The Labute approximate surface area is 283 Å². The first kappa shape index (κ1) is 39.1. The van der Waals surface area contributed by atoms with Gasteiger partial charge in [0, 0.05) is 25.6 Å². The van der Waals surface area contributed by atoms with E-state index in [9.17, 15) is 24.0 Å². The quantitative estimate of drug-likeness (QED) is 0.187. The Morgan fingerprint density at radius 1 is 0.702 bits per heavy atom. The smallest absolute Gasteiger partial charge is 0.408 e. The molecule has 0 heterocycles. The molecule has 0 radical (unpaired) electrons. The maximum Gasteiger partial charge on any atom is 0.408 e. The molecule has 0 saturated heterocycles. The number of hydrogen-bond acceptors (Lipinski definition) is 8. The zero-order valence-corrected chi connectivity index (χ0v) is 29.8. The molecule has 2 rings (SSSR count). The molecule has 0 bridgehead atoms. The minimum Gasteiger partial charge on any atom is -0.458 e. The van der Waals surface area contributed by atoms with Gasteiger partial charge in [-0.2, -0.15) is 12.6 Å². The van der Waals surface area contributed by atoms with Crippen LogP contribution >= 0.6 is 12.6 Å². The highest BCUT2D eigenvalue weighted by molar-refractivity contribution is 7.80. The van der Waals surface area contributed by atoms with Crippen molar-refractivity contribution >= 4 is 42.4 Å². The topological polar surface area (TPSA) is 143 Å². The molecule has 0 aliphatic carbocycles. The van der Waals surface area contributed by atoms with Crippen LogP contribution in [-0.4, -0.2) is 82.4 Å². The van der Waals surface area contributed by atoms with Gasteiger partial charge in [-0.05, 0) is 66.5 Å². The Kier molecular flexibility index (Phi) is 13.9. The summed E-state index contributed by atoms with van der Waals surface area (Å²) in [6, 6.07) is 15.1.